The zero-order chi connectivity index (χ0) is 16.5. The van der Waals surface area contributed by atoms with E-state index < -0.39 is 0 Å². The zero-order valence-corrected chi connectivity index (χ0v) is 13.6. The van der Waals surface area contributed by atoms with Crippen molar-refractivity contribution in [2.24, 2.45) is 5.73 Å². The molecule has 2 aliphatic rings. The standard InChI is InChI=1S/C20H22N2O2/c21-17-7-3-4-8-18(17)22-14-9-10-16-19(11-14)24-12-13-5-1-2-6-15(13)20(16)23/h1-2,5-6,9-11,17-18,22H,3-4,7-8,12,21H2. The van der Waals surface area contributed by atoms with Gasteiger partial charge < -0.3 is 15.8 Å². The predicted molar refractivity (Wildman–Crippen MR) is 94.5 cm³/mol. The number of carbonyl (C=O) groups excluding carboxylic acids is 1. The third-order valence-corrected chi connectivity index (χ3v) is 5.04. The molecular formula is C20H22N2O2. The van der Waals surface area contributed by atoms with E-state index in [2.05, 4.69) is 5.32 Å². The van der Waals surface area contributed by atoms with Crippen LogP contribution in [0.3, 0.4) is 0 Å². The van der Waals surface area contributed by atoms with E-state index in [0.717, 1.165) is 29.7 Å². The predicted octanol–water partition coefficient (Wildman–Crippen LogP) is 3.49. The Morgan fingerprint density at radius 1 is 1.04 bits per heavy atom. The number of anilines is 1. The monoisotopic (exact) mass is 322 g/mol. The Bertz CT molecular complexity index is 772. The molecule has 124 valence electrons. The lowest BCUT2D eigenvalue weighted by Crippen LogP contribution is -2.42. The summed E-state index contributed by atoms with van der Waals surface area (Å²) in [5, 5.41) is 3.52. The number of fused-ring (bicyclic) bond motifs is 2. The average molecular weight is 322 g/mol. The molecule has 1 heterocycles. The van der Waals surface area contributed by atoms with Gasteiger partial charge in [-0.2, -0.15) is 0 Å². The van der Waals surface area contributed by atoms with Crippen molar-refractivity contribution in [2.75, 3.05) is 5.32 Å². The van der Waals surface area contributed by atoms with Gasteiger partial charge in [0, 0.05) is 35.0 Å². The van der Waals surface area contributed by atoms with Gasteiger partial charge in [-0.3, -0.25) is 4.79 Å². The highest BCUT2D eigenvalue weighted by atomic mass is 16.5. The Morgan fingerprint density at radius 2 is 1.88 bits per heavy atom. The molecule has 1 aliphatic carbocycles. The number of ketones is 1. The maximum absolute atomic E-state index is 12.8. The van der Waals surface area contributed by atoms with Crippen molar-refractivity contribution in [1.82, 2.24) is 0 Å². The minimum absolute atomic E-state index is 0.0269. The van der Waals surface area contributed by atoms with Crippen LogP contribution in [0.1, 0.15) is 47.2 Å². The van der Waals surface area contributed by atoms with Gasteiger partial charge in [0.1, 0.15) is 12.4 Å². The van der Waals surface area contributed by atoms with Gasteiger partial charge in [0.05, 0.1) is 5.56 Å². The molecule has 0 bridgehead atoms. The minimum atomic E-state index is 0.0269. The highest BCUT2D eigenvalue weighted by Gasteiger charge is 2.24. The van der Waals surface area contributed by atoms with Crippen molar-refractivity contribution in [2.45, 2.75) is 44.4 Å². The molecule has 4 rings (SSSR count). The first kappa shape index (κ1) is 15.2. The van der Waals surface area contributed by atoms with Crippen LogP contribution in [0.4, 0.5) is 5.69 Å². The van der Waals surface area contributed by atoms with Gasteiger partial charge in [-0.25, -0.2) is 0 Å². The molecule has 1 aliphatic heterocycles. The van der Waals surface area contributed by atoms with Crippen LogP contribution in [0.15, 0.2) is 42.5 Å². The first-order valence-electron chi connectivity index (χ1n) is 8.64. The Labute approximate surface area is 142 Å². The lowest BCUT2D eigenvalue weighted by Gasteiger charge is -2.30. The van der Waals surface area contributed by atoms with Crippen LogP contribution in [0.5, 0.6) is 5.75 Å². The second-order valence-electron chi connectivity index (χ2n) is 6.69. The molecule has 4 nitrogen and oxygen atoms in total. The van der Waals surface area contributed by atoms with Crippen molar-refractivity contribution in [1.29, 1.82) is 0 Å². The van der Waals surface area contributed by atoms with Crippen LogP contribution in [0.2, 0.25) is 0 Å². The Hall–Kier alpha value is -2.33. The SMILES string of the molecule is NC1CCCCC1Nc1ccc2c(c1)OCc1ccccc1C2=O. The molecule has 0 spiro atoms. The number of ether oxygens (including phenoxy) is 1. The fourth-order valence-electron chi connectivity index (χ4n) is 3.64. The van der Waals surface area contributed by atoms with Gasteiger partial charge in [0.2, 0.25) is 0 Å². The minimum Gasteiger partial charge on any atom is -0.488 e. The van der Waals surface area contributed by atoms with Crippen LogP contribution in [-0.4, -0.2) is 17.9 Å². The van der Waals surface area contributed by atoms with Crippen molar-refractivity contribution < 1.29 is 9.53 Å². The highest BCUT2D eigenvalue weighted by molar-refractivity contribution is 6.12. The number of carbonyl (C=O) groups is 1. The normalized spacial score (nSPS) is 22.8. The number of hydrogen-bond acceptors (Lipinski definition) is 4. The molecule has 1 fully saturated rings. The Kier molecular flexibility index (Phi) is 3.98. The number of nitrogens with two attached hydrogens (primary N) is 1. The summed E-state index contributed by atoms with van der Waals surface area (Å²) in [5.41, 5.74) is 9.47. The maximum Gasteiger partial charge on any atom is 0.197 e. The molecular weight excluding hydrogens is 300 g/mol. The average Bonchev–Trinajstić information content (AvgIpc) is 2.75. The number of hydrogen-bond donors (Lipinski definition) is 2. The lowest BCUT2D eigenvalue weighted by molar-refractivity contribution is 0.103. The number of nitrogens with one attached hydrogen (secondary N) is 1. The van der Waals surface area contributed by atoms with E-state index in [4.69, 9.17) is 10.5 Å². The second-order valence-corrected chi connectivity index (χ2v) is 6.69. The first-order chi connectivity index (χ1) is 11.7. The van der Waals surface area contributed by atoms with E-state index >= 15 is 0 Å². The summed E-state index contributed by atoms with van der Waals surface area (Å²) in [6.45, 7) is 0.418. The van der Waals surface area contributed by atoms with Gasteiger partial charge in [-0.1, -0.05) is 37.1 Å². The largest absolute Gasteiger partial charge is 0.488 e. The first-order valence-corrected chi connectivity index (χ1v) is 8.64. The van der Waals surface area contributed by atoms with Crippen LogP contribution < -0.4 is 15.8 Å². The van der Waals surface area contributed by atoms with Crippen molar-refractivity contribution in [3.8, 4) is 5.75 Å². The van der Waals surface area contributed by atoms with Gasteiger partial charge in [-0.15, -0.1) is 0 Å². The zero-order valence-electron chi connectivity index (χ0n) is 13.6. The molecule has 0 aromatic heterocycles. The van der Waals surface area contributed by atoms with Crippen molar-refractivity contribution in [3.05, 3.63) is 59.2 Å². The molecule has 24 heavy (non-hydrogen) atoms. The van der Waals surface area contributed by atoms with Crippen LogP contribution in [-0.2, 0) is 6.61 Å². The topological polar surface area (TPSA) is 64.3 Å². The molecule has 1 saturated carbocycles. The molecule has 0 saturated heterocycles. The Morgan fingerprint density at radius 3 is 2.75 bits per heavy atom. The third-order valence-electron chi connectivity index (χ3n) is 5.04. The molecule has 4 heteroatoms. The van der Waals surface area contributed by atoms with Crippen molar-refractivity contribution in [3.63, 3.8) is 0 Å². The number of rotatable bonds is 2. The van der Waals surface area contributed by atoms with Gasteiger partial charge >= 0.3 is 0 Å². The van der Waals surface area contributed by atoms with Gasteiger partial charge in [-0.05, 0) is 25.0 Å². The Balaban J connectivity index is 1.61. The van der Waals surface area contributed by atoms with E-state index in [9.17, 15) is 4.79 Å². The molecule has 3 N–H and O–H groups in total. The summed E-state index contributed by atoms with van der Waals surface area (Å²) in [6.07, 6.45) is 4.57. The lowest BCUT2D eigenvalue weighted by atomic mass is 9.91. The molecule has 2 atom stereocenters. The summed E-state index contributed by atoms with van der Waals surface area (Å²) in [6, 6.07) is 13.8. The number of benzene rings is 2. The quantitative estimate of drug-likeness (QED) is 0.888. The van der Waals surface area contributed by atoms with Crippen LogP contribution >= 0.6 is 0 Å². The van der Waals surface area contributed by atoms with Crippen LogP contribution in [0.25, 0.3) is 0 Å². The van der Waals surface area contributed by atoms with E-state index in [-0.39, 0.29) is 17.9 Å². The van der Waals surface area contributed by atoms with Crippen LogP contribution in [0, 0.1) is 0 Å². The van der Waals surface area contributed by atoms with E-state index in [1.807, 2.05) is 42.5 Å². The van der Waals surface area contributed by atoms with E-state index in [0.29, 0.717) is 17.9 Å². The molecule has 0 radical (unpaired) electrons. The molecule has 2 aromatic carbocycles. The summed E-state index contributed by atoms with van der Waals surface area (Å²) in [7, 11) is 0. The highest BCUT2D eigenvalue weighted by Crippen LogP contribution is 2.32. The van der Waals surface area contributed by atoms with Gasteiger partial charge in [0.15, 0.2) is 5.78 Å². The fourth-order valence-corrected chi connectivity index (χ4v) is 3.64. The van der Waals surface area contributed by atoms with E-state index in [1.165, 1.54) is 12.8 Å². The second kappa shape index (κ2) is 6.29. The summed E-state index contributed by atoms with van der Waals surface area (Å²) in [5.74, 6) is 0.671. The van der Waals surface area contributed by atoms with E-state index in [1.54, 1.807) is 0 Å². The summed E-state index contributed by atoms with van der Waals surface area (Å²) < 4.78 is 5.91. The third kappa shape index (κ3) is 2.78. The maximum atomic E-state index is 12.8. The fraction of sp³-hybridized carbons (Fsp3) is 0.350. The summed E-state index contributed by atoms with van der Waals surface area (Å²) >= 11 is 0. The van der Waals surface area contributed by atoms with Gasteiger partial charge in [0.25, 0.3) is 0 Å². The summed E-state index contributed by atoms with van der Waals surface area (Å²) in [4.78, 5) is 12.8. The smallest absolute Gasteiger partial charge is 0.197 e. The van der Waals surface area contributed by atoms with Crippen molar-refractivity contribution >= 4 is 11.5 Å². The molecule has 0 amide bonds. The molecule has 2 unspecified atom stereocenters. The molecule has 2 aromatic rings.